The Kier molecular flexibility index (Phi) is 5.99. The van der Waals surface area contributed by atoms with Crippen LogP contribution in [0.2, 0.25) is 0 Å². The Balaban J connectivity index is 0.00000280. The maximum Gasteiger partial charge on any atom is 0.325 e. The fourth-order valence-corrected chi connectivity index (χ4v) is 3.03. The molecule has 0 aliphatic carbocycles. The summed E-state index contributed by atoms with van der Waals surface area (Å²) in [5, 5.41) is 5.39. The number of nitrogen functional groups attached to an aromatic ring is 1. The molecule has 0 bridgehead atoms. The standard InChI is InChI=1S/C20H22N4O3.ClH/c1-12-4-7-14(8-5-12)20(3)18(26)24(19(27)23-20)11-17(25)22-16-10-15(21)9-6-13(16)2;/h4-10H,11,21H2,1-3H3,(H,22,25)(H,23,27);1H. The van der Waals surface area contributed by atoms with Crippen molar-refractivity contribution in [3.05, 3.63) is 59.2 Å². The van der Waals surface area contributed by atoms with E-state index in [4.69, 9.17) is 5.73 Å². The molecule has 4 amide bonds. The largest absolute Gasteiger partial charge is 0.399 e. The lowest BCUT2D eigenvalue weighted by atomic mass is 9.91. The average molecular weight is 403 g/mol. The molecule has 0 radical (unpaired) electrons. The molecule has 0 saturated carbocycles. The summed E-state index contributed by atoms with van der Waals surface area (Å²) in [6, 6.07) is 11.9. The van der Waals surface area contributed by atoms with Crippen LogP contribution in [-0.4, -0.2) is 29.3 Å². The normalized spacial score (nSPS) is 18.5. The summed E-state index contributed by atoms with van der Waals surface area (Å²) in [6.45, 7) is 5.03. The van der Waals surface area contributed by atoms with Crippen molar-refractivity contribution in [1.29, 1.82) is 0 Å². The zero-order chi connectivity index (χ0) is 19.8. The topological polar surface area (TPSA) is 105 Å². The second-order valence-corrected chi connectivity index (χ2v) is 6.94. The van der Waals surface area contributed by atoms with E-state index in [1.165, 1.54) is 0 Å². The molecule has 0 spiro atoms. The van der Waals surface area contributed by atoms with E-state index in [1.807, 2.05) is 26.0 Å². The Labute approximate surface area is 169 Å². The predicted octanol–water partition coefficient (Wildman–Crippen LogP) is 2.71. The minimum Gasteiger partial charge on any atom is -0.399 e. The molecule has 7 nitrogen and oxygen atoms in total. The zero-order valence-electron chi connectivity index (χ0n) is 15.9. The lowest BCUT2D eigenvalue weighted by Gasteiger charge is -2.22. The number of amides is 4. The first-order valence-electron chi connectivity index (χ1n) is 8.58. The third-order valence-electron chi connectivity index (χ3n) is 4.74. The second kappa shape index (κ2) is 7.90. The van der Waals surface area contributed by atoms with Crippen LogP contribution < -0.4 is 16.4 Å². The molecule has 1 fully saturated rings. The number of carbonyl (C=O) groups is 3. The molecule has 1 heterocycles. The number of nitrogens with zero attached hydrogens (tertiary/aromatic N) is 1. The fraction of sp³-hybridized carbons (Fsp3) is 0.250. The number of hydrogen-bond donors (Lipinski definition) is 3. The number of nitrogens with two attached hydrogens (primary N) is 1. The first-order chi connectivity index (χ1) is 12.7. The molecule has 3 rings (SSSR count). The highest BCUT2D eigenvalue weighted by atomic mass is 35.5. The summed E-state index contributed by atoms with van der Waals surface area (Å²) < 4.78 is 0. The van der Waals surface area contributed by atoms with E-state index in [0.29, 0.717) is 16.9 Å². The van der Waals surface area contributed by atoms with Crippen molar-refractivity contribution in [3.63, 3.8) is 0 Å². The number of halogens is 1. The van der Waals surface area contributed by atoms with Crippen LogP contribution >= 0.6 is 12.4 Å². The van der Waals surface area contributed by atoms with Gasteiger partial charge in [0.15, 0.2) is 0 Å². The van der Waals surface area contributed by atoms with Crippen LogP contribution in [0.4, 0.5) is 16.2 Å². The van der Waals surface area contributed by atoms with Gasteiger partial charge in [-0.05, 0) is 44.0 Å². The maximum absolute atomic E-state index is 12.9. The Bertz CT molecular complexity index is 930. The van der Waals surface area contributed by atoms with Crippen LogP contribution in [0.15, 0.2) is 42.5 Å². The lowest BCUT2D eigenvalue weighted by molar-refractivity contribution is -0.133. The molecule has 1 aliphatic rings. The number of carbonyl (C=O) groups excluding carboxylic acids is 3. The van der Waals surface area contributed by atoms with Gasteiger partial charge in [0.25, 0.3) is 5.91 Å². The molecule has 1 unspecified atom stereocenters. The summed E-state index contributed by atoms with van der Waals surface area (Å²) in [5.74, 6) is -0.934. The molecule has 4 N–H and O–H groups in total. The molecule has 148 valence electrons. The Morgan fingerprint density at radius 1 is 1.14 bits per heavy atom. The Morgan fingerprint density at radius 3 is 2.43 bits per heavy atom. The highest BCUT2D eigenvalue weighted by Crippen LogP contribution is 2.29. The third kappa shape index (κ3) is 3.94. The number of rotatable bonds is 4. The molecular weight excluding hydrogens is 380 g/mol. The van der Waals surface area contributed by atoms with Crippen molar-refractivity contribution >= 4 is 41.6 Å². The average Bonchev–Trinajstić information content (AvgIpc) is 2.83. The second-order valence-electron chi connectivity index (χ2n) is 6.94. The van der Waals surface area contributed by atoms with Gasteiger partial charge < -0.3 is 16.4 Å². The SMILES string of the molecule is Cc1ccc(C2(C)NC(=O)N(CC(=O)Nc3cc(N)ccc3C)C2=O)cc1.Cl. The van der Waals surface area contributed by atoms with Crippen molar-refractivity contribution in [2.24, 2.45) is 0 Å². The van der Waals surface area contributed by atoms with E-state index in [-0.39, 0.29) is 19.0 Å². The quantitative estimate of drug-likeness (QED) is 0.540. The molecule has 1 saturated heterocycles. The predicted molar refractivity (Wildman–Crippen MR) is 110 cm³/mol. The van der Waals surface area contributed by atoms with Crippen LogP contribution in [0.25, 0.3) is 0 Å². The van der Waals surface area contributed by atoms with Crippen molar-refractivity contribution in [3.8, 4) is 0 Å². The summed E-state index contributed by atoms with van der Waals surface area (Å²) in [6.07, 6.45) is 0. The number of urea groups is 1. The molecule has 28 heavy (non-hydrogen) atoms. The summed E-state index contributed by atoms with van der Waals surface area (Å²) in [5.41, 5.74) is 8.16. The number of aryl methyl sites for hydroxylation is 2. The van der Waals surface area contributed by atoms with Gasteiger partial charge in [-0.3, -0.25) is 14.5 Å². The first-order valence-corrected chi connectivity index (χ1v) is 8.58. The maximum atomic E-state index is 12.9. The van der Waals surface area contributed by atoms with Crippen LogP contribution in [0.5, 0.6) is 0 Å². The van der Waals surface area contributed by atoms with Crippen molar-refractivity contribution in [2.45, 2.75) is 26.3 Å². The van der Waals surface area contributed by atoms with Crippen molar-refractivity contribution < 1.29 is 14.4 Å². The van der Waals surface area contributed by atoms with Crippen molar-refractivity contribution in [1.82, 2.24) is 10.2 Å². The number of benzene rings is 2. The molecule has 2 aromatic rings. The van der Waals surface area contributed by atoms with Gasteiger partial charge in [0, 0.05) is 11.4 Å². The van der Waals surface area contributed by atoms with E-state index in [2.05, 4.69) is 10.6 Å². The van der Waals surface area contributed by atoms with E-state index in [1.54, 1.807) is 37.3 Å². The zero-order valence-corrected chi connectivity index (χ0v) is 16.7. The minimum absolute atomic E-state index is 0. The Morgan fingerprint density at radius 2 is 1.79 bits per heavy atom. The summed E-state index contributed by atoms with van der Waals surface area (Å²) in [7, 11) is 0. The summed E-state index contributed by atoms with van der Waals surface area (Å²) >= 11 is 0. The number of hydrogen-bond acceptors (Lipinski definition) is 4. The fourth-order valence-electron chi connectivity index (χ4n) is 3.03. The van der Waals surface area contributed by atoms with Gasteiger partial charge in [0.2, 0.25) is 5.91 Å². The van der Waals surface area contributed by atoms with E-state index >= 15 is 0 Å². The van der Waals surface area contributed by atoms with Gasteiger partial charge in [-0.15, -0.1) is 12.4 Å². The highest BCUT2D eigenvalue weighted by Gasteiger charge is 2.49. The number of anilines is 2. The van der Waals surface area contributed by atoms with Crippen LogP contribution in [0.3, 0.4) is 0 Å². The van der Waals surface area contributed by atoms with Gasteiger partial charge >= 0.3 is 6.03 Å². The van der Waals surface area contributed by atoms with E-state index in [0.717, 1.165) is 16.0 Å². The Hall–Kier alpha value is -3.06. The highest BCUT2D eigenvalue weighted by molar-refractivity contribution is 6.10. The van der Waals surface area contributed by atoms with Gasteiger partial charge in [-0.2, -0.15) is 0 Å². The van der Waals surface area contributed by atoms with Gasteiger partial charge in [0.1, 0.15) is 12.1 Å². The third-order valence-corrected chi connectivity index (χ3v) is 4.74. The van der Waals surface area contributed by atoms with Crippen molar-refractivity contribution in [2.75, 3.05) is 17.6 Å². The number of nitrogens with one attached hydrogen (secondary N) is 2. The van der Waals surface area contributed by atoms with Crippen LogP contribution in [-0.2, 0) is 15.1 Å². The molecule has 0 aromatic heterocycles. The van der Waals surface area contributed by atoms with Crippen LogP contribution in [0.1, 0.15) is 23.6 Å². The van der Waals surface area contributed by atoms with Gasteiger partial charge in [-0.1, -0.05) is 35.9 Å². The smallest absolute Gasteiger partial charge is 0.325 e. The number of imide groups is 1. The first kappa shape index (κ1) is 21.2. The molecule has 1 atom stereocenters. The van der Waals surface area contributed by atoms with Crippen LogP contribution in [0, 0.1) is 13.8 Å². The van der Waals surface area contributed by atoms with E-state index < -0.39 is 23.4 Å². The molecular formula is C20H23ClN4O3. The molecule has 2 aromatic carbocycles. The van der Waals surface area contributed by atoms with E-state index in [9.17, 15) is 14.4 Å². The monoisotopic (exact) mass is 402 g/mol. The molecule has 1 aliphatic heterocycles. The van der Waals surface area contributed by atoms with Gasteiger partial charge in [-0.25, -0.2) is 4.79 Å². The summed E-state index contributed by atoms with van der Waals surface area (Å²) in [4.78, 5) is 38.5. The minimum atomic E-state index is -1.20. The molecule has 8 heteroatoms. The lowest BCUT2D eigenvalue weighted by Crippen LogP contribution is -2.42. The van der Waals surface area contributed by atoms with Gasteiger partial charge in [0.05, 0.1) is 0 Å².